The van der Waals surface area contributed by atoms with Crippen molar-refractivity contribution in [3.05, 3.63) is 26.8 Å². The molecule has 0 atom stereocenters. The summed E-state index contributed by atoms with van der Waals surface area (Å²) in [5.74, 6) is -0.620. The van der Waals surface area contributed by atoms with Crippen molar-refractivity contribution in [2.45, 2.75) is 0 Å². The molecular formula is C8H6ClIO3. The molecule has 1 aromatic carbocycles. The molecule has 0 aromatic heterocycles. The van der Waals surface area contributed by atoms with E-state index < -0.39 is 5.97 Å². The van der Waals surface area contributed by atoms with Crippen LogP contribution in [0.15, 0.2) is 18.2 Å². The second-order valence-electron chi connectivity index (χ2n) is 2.26. The van der Waals surface area contributed by atoms with Crippen molar-refractivity contribution in [3.63, 3.8) is 0 Å². The first kappa shape index (κ1) is 10.6. The molecule has 0 heterocycles. The highest BCUT2D eigenvalue weighted by Crippen LogP contribution is 2.25. The lowest BCUT2D eigenvalue weighted by atomic mass is 10.3. The number of rotatable bonds is 3. The van der Waals surface area contributed by atoms with E-state index in [1.165, 1.54) is 0 Å². The number of carbonyl (C=O) groups is 1. The molecule has 3 nitrogen and oxygen atoms in total. The first-order valence-corrected chi connectivity index (χ1v) is 4.85. The molecule has 1 aromatic rings. The lowest BCUT2D eigenvalue weighted by molar-refractivity contribution is -0.139. The highest BCUT2D eigenvalue weighted by atomic mass is 127. The fourth-order valence-electron chi connectivity index (χ4n) is 0.727. The molecule has 0 spiro atoms. The molecule has 0 saturated carbocycles. The Morgan fingerprint density at radius 3 is 2.92 bits per heavy atom. The normalized spacial score (nSPS) is 9.69. The third kappa shape index (κ3) is 3.40. The van der Waals surface area contributed by atoms with Crippen molar-refractivity contribution in [1.82, 2.24) is 0 Å². The standard InChI is InChI=1S/C8H6ClIO3/c9-6-2-1-5(10)3-7(6)13-4-8(11)12/h1-3H,4H2,(H,11,12). The largest absolute Gasteiger partial charge is 0.480 e. The number of hydrogen-bond donors (Lipinski definition) is 1. The predicted octanol–water partition coefficient (Wildman–Crippen LogP) is 2.41. The van der Waals surface area contributed by atoms with Crippen LogP contribution in [0.3, 0.4) is 0 Å². The molecule has 0 unspecified atom stereocenters. The molecule has 0 amide bonds. The Labute approximate surface area is 93.8 Å². The second-order valence-corrected chi connectivity index (χ2v) is 3.91. The summed E-state index contributed by atoms with van der Waals surface area (Å²) in [4.78, 5) is 10.2. The average Bonchev–Trinajstić information content (AvgIpc) is 2.06. The van der Waals surface area contributed by atoms with Crippen LogP contribution in [0.4, 0.5) is 0 Å². The van der Waals surface area contributed by atoms with Gasteiger partial charge >= 0.3 is 5.97 Å². The van der Waals surface area contributed by atoms with Crippen molar-refractivity contribution in [2.75, 3.05) is 6.61 Å². The van der Waals surface area contributed by atoms with E-state index in [-0.39, 0.29) is 6.61 Å². The van der Waals surface area contributed by atoms with Crippen molar-refractivity contribution in [1.29, 1.82) is 0 Å². The number of ether oxygens (including phenoxy) is 1. The zero-order valence-electron chi connectivity index (χ0n) is 6.46. The van der Waals surface area contributed by atoms with Gasteiger partial charge in [-0.2, -0.15) is 0 Å². The van der Waals surface area contributed by atoms with Crippen LogP contribution in [0, 0.1) is 3.57 Å². The van der Waals surface area contributed by atoms with E-state index in [4.69, 9.17) is 21.4 Å². The summed E-state index contributed by atoms with van der Waals surface area (Å²) in [5, 5.41) is 8.78. The van der Waals surface area contributed by atoms with Gasteiger partial charge in [-0.3, -0.25) is 0 Å². The fourth-order valence-corrected chi connectivity index (χ4v) is 1.36. The second kappa shape index (κ2) is 4.66. The van der Waals surface area contributed by atoms with E-state index in [2.05, 4.69) is 22.6 Å². The summed E-state index contributed by atoms with van der Waals surface area (Å²) >= 11 is 7.85. The predicted molar refractivity (Wildman–Crippen MR) is 57.3 cm³/mol. The number of aliphatic carboxylic acids is 1. The molecule has 1 rings (SSSR count). The van der Waals surface area contributed by atoms with Gasteiger partial charge in [0, 0.05) is 3.57 Å². The van der Waals surface area contributed by atoms with Crippen molar-refractivity contribution < 1.29 is 14.6 Å². The molecule has 0 aliphatic rings. The Balaban J connectivity index is 2.75. The van der Waals surface area contributed by atoms with Gasteiger partial charge < -0.3 is 9.84 Å². The van der Waals surface area contributed by atoms with Gasteiger partial charge in [0.1, 0.15) is 5.75 Å². The first-order chi connectivity index (χ1) is 6.09. The van der Waals surface area contributed by atoms with Crippen molar-refractivity contribution in [2.24, 2.45) is 0 Å². The van der Waals surface area contributed by atoms with Crippen molar-refractivity contribution >= 4 is 40.2 Å². The summed E-state index contributed by atoms with van der Waals surface area (Å²) in [6, 6.07) is 5.17. The maximum atomic E-state index is 10.2. The molecule has 0 fully saturated rings. The summed E-state index contributed by atoms with van der Waals surface area (Å²) in [7, 11) is 0. The highest BCUT2D eigenvalue weighted by Gasteiger charge is 2.04. The number of halogens is 2. The number of hydrogen-bond acceptors (Lipinski definition) is 2. The number of carboxylic acid groups (broad SMARTS) is 1. The number of benzene rings is 1. The fraction of sp³-hybridized carbons (Fsp3) is 0.125. The van der Waals surface area contributed by atoms with Crippen LogP contribution in [0.1, 0.15) is 0 Å². The van der Waals surface area contributed by atoms with Crippen LogP contribution in [0.2, 0.25) is 5.02 Å². The Hall–Kier alpha value is -0.490. The summed E-state index contributed by atoms with van der Waals surface area (Å²) in [6.07, 6.45) is 0. The SMILES string of the molecule is O=C(O)COc1cc(I)ccc1Cl. The summed E-state index contributed by atoms with van der Waals surface area (Å²) in [6.45, 7) is -0.375. The molecule has 0 saturated heterocycles. The third-order valence-electron chi connectivity index (χ3n) is 1.24. The van der Waals surface area contributed by atoms with Crippen LogP contribution >= 0.6 is 34.2 Å². The van der Waals surface area contributed by atoms with Gasteiger partial charge in [-0.1, -0.05) is 11.6 Å². The molecule has 5 heteroatoms. The number of carboxylic acids is 1. The van der Waals surface area contributed by atoms with E-state index in [1.54, 1.807) is 12.1 Å². The van der Waals surface area contributed by atoms with Gasteiger partial charge in [0.05, 0.1) is 5.02 Å². The zero-order chi connectivity index (χ0) is 9.84. The van der Waals surface area contributed by atoms with E-state index in [0.717, 1.165) is 3.57 Å². The monoisotopic (exact) mass is 312 g/mol. The van der Waals surface area contributed by atoms with Gasteiger partial charge in [-0.25, -0.2) is 4.79 Å². The van der Waals surface area contributed by atoms with Gasteiger partial charge in [0.15, 0.2) is 6.61 Å². The van der Waals surface area contributed by atoms with Crippen LogP contribution in [0.5, 0.6) is 5.75 Å². The minimum absolute atomic E-state index is 0.375. The highest BCUT2D eigenvalue weighted by molar-refractivity contribution is 14.1. The van der Waals surface area contributed by atoms with E-state index >= 15 is 0 Å². The quantitative estimate of drug-likeness (QED) is 0.872. The smallest absolute Gasteiger partial charge is 0.341 e. The van der Waals surface area contributed by atoms with Crippen LogP contribution < -0.4 is 4.74 Å². The third-order valence-corrected chi connectivity index (χ3v) is 2.23. The maximum Gasteiger partial charge on any atom is 0.341 e. The molecule has 1 N–H and O–H groups in total. The van der Waals surface area contributed by atoms with E-state index in [1.807, 2.05) is 6.07 Å². The molecular weight excluding hydrogens is 306 g/mol. The lowest BCUT2D eigenvalue weighted by Crippen LogP contribution is -2.09. The van der Waals surface area contributed by atoms with Gasteiger partial charge in [0.25, 0.3) is 0 Å². The topological polar surface area (TPSA) is 46.5 Å². The molecule has 0 aliphatic heterocycles. The molecule has 0 aliphatic carbocycles. The lowest BCUT2D eigenvalue weighted by Gasteiger charge is -2.05. The van der Waals surface area contributed by atoms with Crippen LogP contribution in [0.25, 0.3) is 0 Å². The molecule has 70 valence electrons. The van der Waals surface area contributed by atoms with Gasteiger partial charge in [-0.15, -0.1) is 0 Å². The van der Waals surface area contributed by atoms with Crippen LogP contribution in [-0.2, 0) is 4.79 Å². The Morgan fingerprint density at radius 1 is 1.62 bits per heavy atom. The Bertz CT molecular complexity index is 327. The zero-order valence-corrected chi connectivity index (χ0v) is 9.37. The molecule has 13 heavy (non-hydrogen) atoms. The van der Waals surface area contributed by atoms with Gasteiger partial charge in [-0.05, 0) is 40.8 Å². The molecule has 0 radical (unpaired) electrons. The van der Waals surface area contributed by atoms with E-state index in [9.17, 15) is 4.79 Å². The van der Waals surface area contributed by atoms with E-state index in [0.29, 0.717) is 10.8 Å². The molecule has 0 bridgehead atoms. The van der Waals surface area contributed by atoms with Crippen molar-refractivity contribution in [3.8, 4) is 5.75 Å². The minimum Gasteiger partial charge on any atom is -0.480 e. The maximum absolute atomic E-state index is 10.2. The average molecular weight is 312 g/mol. The van der Waals surface area contributed by atoms with Crippen LogP contribution in [-0.4, -0.2) is 17.7 Å². The summed E-state index contributed by atoms with van der Waals surface area (Å²) < 4.78 is 5.89. The summed E-state index contributed by atoms with van der Waals surface area (Å²) in [5.41, 5.74) is 0. The first-order valence-electron chi connectivity index (χ1n) is 3.39. The Kier molecular flexibility index (Phi) is 3.80. The Morgan fingerprint density at radius 2 is 2.31 bits per heavy atom. The van der Waals surface area contributed by atoms with Gasteiger partial charge in [0.2, 0.25) is 0 Å². The minimum atomic E-state index is -1.02.